The van der Waals surface area contributed by atoms with Crippen LogP contribution in [0.2, 0.25) is 0 Å². The van der Waals surface area contributed by atoms with Crippen molar-refractivity contribution < 1.29 is 28.7 Å². The third-order valence-corrected chi connectivity index (χ3v) is 8.37. The Kier molecular flexibility index (Phi) is 8.64. The van der Waals surface area contributed by atoms with Crippen molar-refractivity contribution in [2.24, 2.45) is 0 Å². The second-order valence-electron chi connectivity index (χ2n) is 11.4. The summed E-state index contributed by atoms with van der Waals surface area (Å²) in [6.07, 6.45) is 6.09. The number of likely N-dealkylation sites (tertiary alicyclic amines) is 1. The van der Waals surface area contributed by atoms with Crippen LogP contribution < -0.4 is 5.32 Å². The Hall–Kier alpha value is -4.49. The van der Waals surface area contributed by atoms with Gasteiger partial charge >= 0.3 is 12.1 Å². The van der Waals surface area contributed by atoms with E-state index >= 15 is 0 Å². The number of hydrogen-bond acceptors (Lipinski definition) is 7. The molecule has 43 heavy (non-hydrogen) atoms. The SMILES string of the molecule is C#CCN1CC/C(=C\C2=CS[C@@H]3[C@H](NC(=O)OC(C)(C)C)C(=O)N3[C@@H]2C(=O)OC(c2ccccc2)c2ccccc2)C1=O. The van der Waals surface area contributed by atoms with Crippen LogP contribution in [-0.2, 0) is 23.9 Å². The molecule has 0 radical (unpaired) electrons. The Bertz CT molecular complexity index is 1470. The highest BCUT2D eigenvalue weighted by Gasteiger charge is 2.56. The van der Waals surface area contributed by atoms with Crippen LogP contribution in [0.1, 0.15) is 44.4 Å². The minimum atomic E-state index is -1.13. The molecule has 3 aliphatic heterocycles. The first kappa shape index (κ1) is 30.0. The summed E-state index contributed by atoms with van der Waals surface area (Å²) in [5.74, 6) is 1.19. The molecule has 2 fully saturated rings. The van der Waals surface area contributed by atoms with Crippen molar-refractivity contribution in [3.8, 4) is 12.3 Å². The van der Waals surface area contributed by atoms with Crippen molar-refractivity contribution in [3.05, 3.63) is 94.4 Å². The number of rotatable bonds is 7. The second kappa shape index (κ2) is 12.4. The van der Waals surface area contributed by atoms with Gasteiger partial charge in [-0.05, 0) is 55.4 Å². The summed E-state index contributed by atoms with van der Waals surface area (Å²) in [7, 11) is 0. The lowest BCUT2D eigenvalue weighted by Gasteiger charge is -2.51. The molecule has 0 saturated carbocycles. The van der Waals surface area contributed by atoms with Gasteiger partial charge in [-0.1, -0.05) is 66.6 Å². The number of β-lactam (4-membered cyclic amide) rings is 1. The lowest BCUT2D eigenvalue weighted by Crippen LogP contribution is -2.74. The van der Waals surface area contributed by atoms with E-state index in [0.29, 0.717) is 24.1 Å². The first-order chi connectivity index (χ1) is 20.6. The summed E-state index contributed by atoms with van der Waals surface area (Å²) in [4.78, 5) is 56.1. The van der Waals surface area contributed by atoms with E-state index in [0.717, 1.165) is 11.1 Å². The maximum atomic E-state index is 14.1. The second-order valence-corrected chi connectivity index (χ2v) is 12.4. The average Bonchev–Trinajstić information content (AvgIpc) is 3.32. The Morgan fingerprint density at radius 1 is 1.09 bits per heavy atom. The van der Waals surface area contributed by atoms with Crippen LogP contribution in [0.5, 0.6) is 0 Å². The van der Waals surface area contributed by atoms with Gasteiger partial charge in [0, 0.05) is 12.1 Å². The molecule has 2 saturated heterocycles. The summed E-state index contributed by atoms with van der Waals surface area (Å²) in [5, 5.41) is 3.83. The van der Waals surface area contributed by atoms with Crippen molar-refractivity contribution in [2.75, 3.05) is 13.1 Å². The fraction of sp³-hybridized carbons (Fsp3) is 0.333. The summed E-state index contributed by atoms with van der Waals surface area (Å²) >= 11 is 1.28. The number of benzene rings is 2. The van der Waals surface area contributed by atoms with Crippen LogP contribution in [0.3, 0.4) is 0 Å². The van der Waals surface area contributed by atoms with E-state index in [-0.39, 0.29) is 12.5 Å². The van der Waals surface area contributed by atoms with E-state index in [2.05, 4.69) is 11.2 Å². The zero-order valence-electron chi connectivity index (χ0n) is 24.2. The predicted molar refractivity (Wildman–Crippen MR) is 162 cm³/mol. The topological polar surface area (TPSA) is 105 Å². The smallest absolute Gasteiger partial charge is 0.408 e. The highest BCUT2D eigenvalue weighted by molar-refractivity contribution is 8.03. The van der Waals surface area contributed by atoms with Crippen LogP contribution >= 0.6 is 11.8 Å². The van der Waals surface area contributed by atoms with E-state index in [1.807, 2.05) is 60.7 Å². The maximum Gasteiger partial charge on any atom is 0.408 e. The third kappa shape index (κ3) is 6.47. The summed E-state index contributed by atoms with van der Waals surface area (Å²) in [6.45, 7) is 5.86. The minimum absolute atomic E-state index is 0.190. The van der Waals surface area contributed by atoms with Crippen molar-refractivity contribution in [1.82, 2.24) is 15.1 Å². The van der Waals surface area contributed by atoms with Crippen molar-refractivity contribution in [3.63, 3.8) is 0 Å². The van der Waals surface area contributed by atoms with Crippen molar-refractivity contribution in [2.45, 2.75) is 56.4 Å². The van der Waals surface area contributed by atoms with Crippen LogP contribution in [-0.4, -0.2) is 69.8 Å². The average molecular weight is 600 g/mol. The Morgan fingerprint density at radius 3 is 2.30 bits per heavy atom. The largest absolute Gasteiger partial charge is 0.451 e. The molecular formula is C33H33N3O6S. The van der Waals surface area contributed by atoms with E-state index in [1.165, 1.54) is 16.7 Å². The number of hydrogen-bond donors (Lipinski definition) is 1. The molecule has 0 bridgehead atoms. The lowest BCUT2D eigenvalue weighted by atomic mass is 9.95. The standard InChI is InChI=1S/C33H33N3O6S/c1-5-17-35-18-16-23(28(35)37)19-24-20-43-30-25(34-32(40)42-33(2,3)4)29(38)36(30)26(24)31(39)41-27(21-12-8-6-9-13-21)22-14-10-7-11-15-22/h1,6-15,19-20,25-27,30H,16-18H2,2-4H3,(H,34,40)/b23-19+/t25-,26+,30-/m1/s1. The molecule has 5 rings (SSSR count). The number of esters is 1. The lowest BCUT2D eigenvalue weighted by molar-refractivity contribution is -0.164. The number of fused-ring (bicyclic) bond motifs is 1. The van der Waals surface area contributed by atoms with Crippen molar-refractivity contribution >= 4 is 35.6 Å². The molecule has 0 unspecified atom stereocenters. The van der Waals surface area contributed by atoms with Gasteiger partial charge in [0.25, 0.3) is 5.91 Å². The molecule has 2 aromatic carbocycles. The van der Waals surface area contributed by atoms with Gasteiger partial charge in [0.2, 0.25) is 5.91 Å². The molecule has 3 heterocycles. The van der Waals surface area contributed by atoms with Crippen LogP contribution in [0.15, 0.2) is 83.3 Å². The highest BCUT2D eigenvalue weighted by atomic mass is 32.2. The minimum Gasteiger partial charge on any atom is -0.451 e. The first-order valence-corrected chi connectivity index (χ1v) is 14.9. The van der Waals surface area contributed by atoms with Gasteiger partial charge in [0.05, 0.1) is 6.54 Å². The molecule has 0 aliphatic carbocycles. The van der Waals surface area contributed by atoms with Gasteiger partial charge in [-0.15, -0.1) is 18.2 Å². The molecule has 222 valence electrons. The van der Waals surface area contributed by atoms with E-state index in [9.17, 15) is 19.2 Å². The quantitative estimate of drug-likeness (QED) is 0.220. The summed E-state index contributed by atoms with van der Waals surface area (Å²) in [5.41, 5.74) is 1.75. The monoisotopic (exact) mass is 599 g/mol. The molecule has 0 spiro atoms. The first-order valence-electron chi connectivity index (χ1n) is 14.0. The molecular weight excluding hydrogens is 566 g/mol. The third-order valence-electron chi connectivity index (χ3n) is 7.19. The number of ether oxygens (including phenoxy) is 2. The van der Waals surface area contributed by atoms with Gasteiger partial charge < -0.3 is 24.6 Å². The maximum absolute atomic E-state index is 14.1. The zero-order chi connectivity index (χ0) is 30.7. The number of nitrogens with zero attached hydrogens (tertiary/aromatic N) is 2. The van der Waals surface area contributed by atoms with Crippen LogP contribution in [0, 0.1) is 12.3 Å². The zero-order valence-corrected chi connectivity index (χ0v) is 25.0. The number of terminal acetylenes is 1. The molecule has 10 heteroatoms. The van der Waals surface area contributed by atoms with Gasteiger partial charge in [0.1, 0.15) is 17.0 Å². The predicted octanol–water partition coefficient (Wildman–Crippen LogP) is 4.17. The fourth-order valence-corrected chi connectivity index (χ4v) is 6.43. The van der Waals surface area contributed by atoms with Gasteiger partial charge in [-0.25, -0.2) is 9.59 Å². The number of thioether (sulfide) groups is 1. The molecule has 3 amide bonds. The molecule has 1 N–H and O–H groups in total. The number of carbonyl (C=O) groups is 4. The Morgan fingerprint density at radius 2 is 1.72 bits per heavy atom. The van der Waals surface area contributed by atoms with Crippen molar-refractivity contribution in [1.29, 1.82) is 0 Å². The fourth-order valence-electron chi connectivity index (χ4n) is 5.24. The van der Waals surface area contributed by atoms with Gasteiger partial charge in [-0.2, -0.15) is 0 Å². The number of nitrogens with one attached hydrogen (secondary N) is 1. The number of alkyl carbamates (subject to hydrolysis) is 1. The Labute approximate surface area is 255 Å². The summed E-state index contributed by atoms with van der Waals surface area (Å²) < 4.78 is 11.5. The van der Waals surface area contributed by atoms with Crippen LogP contribution in [0.25, 0.3) is 0 Å². The Balaban J connectivity index is 1.46. The molecule has 2 aromatic rings. The molecule has 9 nitrogen and oxygen atoms in total. The van der Waals surface area contributed by atoms with Gasteiger partial charge in [-0.3, -0.25) is 9.59 Å². The molecule has 3 aliphatic rings. The van der Waals surface area contributed by atoms with E-state index in [4.69, 9.17) is 15.9 Å². The number of carbonyl (C=O) groups excluding carboxylic acids is 4. The van der Waals surface area contributed by atoms with Gasteiger partial charge in [0.15, 0.2) is 12.1 Å². The van der Waals surface area contributed by atoms with Crippen LogP contribution in [0.4, 0.5) is 4.79 Å². The summed E-state index contributed by atoms with van der Waals surface area (Å²) in [6, 6.07) is 16.7. The molecule has 3 atom stereocenters. The normalized spacial score (nSPS) is 22.4. The number of amides is 3. The molecule has 0 aromatic heterocycles. The van der Waals surface area contributed by atoms with E-state index in [1.54, 1.807) is 37.2 Å². The highest BCUT2D eigenvalue weighted by Crippen LogP contribution is 2.42. The van der Waals surface area contributed by atoms with E-state index < -0.39 is 47.1 Å².